The van der Waals surface area contributed by atoms with Gasteiger partial charge in [-0.25, -0.2) is 9.37 Å². The monoisotopic (exact) mass is 328 g/mol. The Balaban J connectivity index is 2.13. The predicted molar refractivity (Wildman–Crippen MR) is 77.2 cm³/mol. The number of nitrogens with zero attached hydrogens (tertiary/aromatic N) is 1. The lowest BCUT2D eigenvalue weighted by Crippen LogP contribution is -2.13. The second kappa shape index (κ2) is 6.41. The number of thiazole rings is 1. The van der Waals surface area contributed by atoms with Gasteiger partial charge < -0.3 is 5.32 Å². The zero-order chi connectivity index (χ0) is 13.0. The van der Waals surface area contributed by atoms with Crippen LogP contribution < -0.4 is 5.32 Å². The van der Waals surface area contributed by atoms with E-state index in [0.29, 0.717) is 0 Å². The van der Waals surface area contributed by atoms with Gasteiger partial charge in [-0.3, -0.25) is 0 Å². The van der Waals surface area contributed by atoms with Gasteiger partial charge in [-0.1, -0.05) is 6.92 Å². The summed E-state index contributed by atoms with van der Waals surface area (Å²) in [6.07, 6.45) is 1.11. The highest BCUT2D eigenvalue weighted by Crippen LogP contribution is 2.31. The van der Waals surface area contributed by atoms with Crippen molar-refractivity contribution in [1.29, 1.82) is 0 Å². The lowest BCUT2D eigenvalue weighted by Gasteiger charge is -2.01. The fourth-order valence-electron chi connectivity index (χ4n) is 1.57. The van der Waals surface area contributed by atoms with Crippen molar-refractivity contribution in [2.24, 2.45) is 0 Å². The Bertz CT molecular complexity index is 527. The Morgan fingerprint density at radius 2 is 2.28 bits per heavy atom. The summed E-state index contributed by atoms with van der Waals surface area (Å²) in [7, 11) is 0. The van der Waals surface area contributed by atoms with Crippen LogP contribution in [0.25, 0.3) is 10.6 Å². The van der Waals surface area contributed by atoms with E-state index in [4.69, 9.17) is 0 Å². The molecule has 18 heavy (non-hydrogen) atoms. The van der Waals surface area contributed by atoms with Gasteiger partial charge in [0.2, 0.25) is 0 Å². The Kier molecular flexibility index (Phi) is 4.86. The fourth-order valence-corrected chi connectivity index (χ4v) is 3.10. The first-order chi connectivity index (χ1) is 8.70. The van der Waals surface area contributed by atoms with E-state index in [-0.39, 0.29) is 5.82 Å². The van der Waals surface area contributed by atoms with Crippen LogP contribution in [0, 0.1) is 5.82 Å². The highest BCUT2D eigenvalue weighted by molar-refractivity contribution is 9.10. The Morgan fingerprint density at radius 3 is 3.00 bits per heavy atom. The molecule has 0 aliphatic carbocycles. The molecule has 0 aliphatic heterocycles. The summed E-state index contributed by atoms with van der Waals surface area (Å²) in [5.41, 5.74) is 1.96. The molecule has 0 amide bonds. The van der Waals surface area contributed by atoms with Crippen molar-refractivity contribution in [2.75, 3.05) is 6.54 Å². The summed E-state index contributed by atoms with van der Waals surface area (Å²) in [5.74, 6) is -0.244. The smallest absolute Gasteiger partial charge is 0.124 e. The van der Waals surface area contributed by atoms with Crippen LogP contribution in [0.5, 0.6) is 0 Å². The molecule has 0 saturated heterocycles. The molecule has 0 spiro atoms. The Hall–Kier alpha value is -0.780. The van der Waals surface area contributed by atoms with E-state index in [9.17, 15) is 4.39 Å². The molecule has 5 heteroatoms. The molecule has 0 unspecified atom stereocenters. The van der Waals surface area contributed by atoms with Gasteiger partial charge in [0.05, 0.1) is 5.69 Å². The van der Waals surface area contributed by atoms with E-state index in [0.717, 1.165) is 40.2 Å². The molecule has 0 bridgehead atoms. The summed E-state index contributed by atoms with van der Waals surface area (Å²) in [6.45, 7) is 3.91. The molecule has 2 rings (SSSR count). The molecule has 96 valence electrons. The predicted octanol–water partition coefficient (Wildman–Crippen LogP) is 4.21. The summed E-state index contributed by atoms with van der Waals surface area (Å²) >= 11 is 4.95. The van der Waals surface area contributed by atoms with Crippen molar-refractivity contribution >= 4 is 27.3 Å². The second-order valence-electron chi connectivity index (χ2n) is 3.94. The minimum Gasteiger partial charge on any atom is -0.311 e. The van der Waals surface area contributed by atoms with E-state index >= 15 is 0 Å². The molecule has 1 aromatic carbocycles. The molecule has 2 aromatic rings. The molecule has 0 saturated carbocycles. The van der Waals surface area contributed by atoms with Gasteiger partial charge >= 0.3 is 0 Å². The number of hydrogen-bond acceptors (Lipinski definition) is 3. The van der Waals surface area contributed by atoms with E-state index in [1.807, 2.05) is 5.38 Å². The SMILES string of the molecule is CCCNCc1csc(-c2ccc(F)cc2Br)n1. The van der Waals surface area contributed by atoms with Gasteiger partial charge in [0.25, 0.3) is 0 Å². The van der Waals surface area contributed by atoms with Crippen LogP contribution in [0.2, 0.25) is 0 Å². The van der Waals surface area contributed by atoms with Crippen LogP contribution in [0.1, 0.15) is 19.0 Å². The van der Waals surface area contributed by atoms with Gasteiger partial charge in [0, 0.05) is 22.0 Å². The van der Waals surface area contributed by atoms with Crippen molar-refractivity contribution in [3.63, 3.8) is 0 Å². The number of benzene rings is 1. The Morgan fingerprint density at radius 1 is 1.44 bits per heavy atom. The molecule has 2 nitrogen and oxygen atoms in total. The molecular formula is C13H14BrFN2S. The fraction of sp³-hybridized carbons (Fsp3) is 0.308. The number of hydrogen-bond donors (Lipinski definition) is 1. The van der Waals surface area contributed by atoms with Crippen molar-refractivity contribution in [1.82, 2.24) is 10.3 Å². The standard InChI is InChI=1S/C13H14BrFN2S/c1-2-5-16-7-10-8-18-13(17-10)11-4-3-9(15)6-12(11)14/h3-4,6,8,16H,2,5,7H2,1H3. The highest BCUT2D eigenvalue weighted by Gasteiger charge is 2.08. The number of aromatic nitrogens is 1. The van der Waals surface area contributed by atoms with Crippen LogP contribution in [-0.4, -0.2) is 11.5 Å². The number of nitrogens with one attached hydrogen (secondary N) is 1. The molecule has 1 aromatic heterocycles. The molecule has 1 N–H and O–H groups in total. The summed E-state index contributed by atoms with van der Waals surface area (Å²) < 4.78 is 13.8. The van der Waals surface area contributed by atoms with E-state index < -0.39 is 0 Å². The quantitative estimate of drug-likeness (QED) is 0.831. The summed E-state index contributed by atoms with van der Waals surface area (Å²) in [6, 6.07) is 4.67. The summed E-state index contributed by atoms with van der Waals surface area (Å²) in [5, 5.41) is 6.26. The molecule has 0 atom stereocenters. The maximum Gasteiger partial charge on any atom is 0.124 e. The molecule has 1 heterocycles. The van der Waals surface area contributed by atoms with E-state index in [1.54, 1.807) is 17.4 Å². The van der Waals surface area contributed by atoms with Crippen LogP contribution in [0.15, 0.2) is 28.1 Å². The molecule has 0 fully saturated rings. The van der Waals surface area contributed by atoms with E-state index in [1.165, 1.54) is 12.1 Å². The van der Waals surface area contributed by atoms with Gasteiger partial charge in [0.15, 0.2) is 0 Å². The lowest BCUT2D eigenvalue weighted by atomic mass is 10.2. The van der Waals surface area contributed by atoms with Crippen LogP contribution >= 0.6 is 27.3 Å². The topological polar surface area (TPSA) is 24.9 Å². The van der Waals surface area contributed by atoms with Gasteiger partial charge in [0.1, 0.15) is 10.8 Å². The van der Waals surface area contributed by atoms with Crippen LogP contribution in [0.4, 0.5) is 4.39 Å². The first-order valence-electron chi connectivity index (χ1n) is 5.81. The maximum absolute atomic E-state index is 13.0. The largest absolute Gasteiger partial charge is 0.311 e. The first kappa shape index (κ1) is 13.6. The number of rotatable bonds is 5. The number of halogens is 2. The van der Waals surface area contributed by atoms with Crippen molar-refractivity contribution in [3.8, 4) is 10.6 Å². The van der Waals surface area contributed by atoms with Gasteiger partial charge in [-0.15, -0.1) is 11.3 Å². The third kappa shape index (κ3) is 3.37. The minimum atomic E-state index is -0.244. The summed E-state index contributed by atoms with van der Waals surface area (Å²) in [4.78, 5) is 4.55. The van der Waals surface area contributed by atoms with Crippen molar-refractivity contribution in [2.45, 2.75) is 19.9 Å². The van der Waals surface area contributed by atoms with E-state index in [2.05, 4.69) is 33.2 Å². The third-order valence-corrected chi connectivity index (χ3v) is 4.03. The Labute approximate surface area is 118 Å². The van der Waals surface area contributed by atoms with Crippen molar-refractivity contribution in [3.05, 3.63) is 39.6 Å². The first-order valence-corrected chi connectivity index (χ1v) is 7.48. The molecule has 0 aliphatic rings. The van der Waals surface area contributed by atoms with Crippen LogP contribution in [-0.2, 0) is 6.54 Å². The van der Waals surface area contributed by atoms with Crippen LogP contribution in [0.3, 0.4) is 0 Å². The zero-order valence-corrected chi connectivity index (χ0v) is 12.4. The zero-order valence-electron chi connectivity index (χ0n) is 10.0. The average Bonchev–Trinajstić information content (AvgIpc) is 2.78. The van der Waals surface area contributed by atoms with Crippen molar-refractivity contribution < 1.29 is 4.39 Å². The highest BCUT2D eigenvalue weighted by atomic mass is 79.9. The van der Waals surface area contributed by atoms with Gasteiger partial charge in [-0.05, 0) is 47.1 Å². The average molecular weight is 329 g/mol. The molecule has 0 radical (unpaired) electrons. The molecular weight excluding hydrogens is 315 g/mol. The second-order valence-corrected chi connectivity index (χ2v) is 5.66. The lowest BCUT2D eigenvalue weighted by molar-refractivity contribution is 0.627. The minimum absolute atomic E-state index is 0.244. The third-order valence-electron chi connectivity index (χ3n) is 2.45. The van der Waals surface area contributed by atoms with Gasteiger partial charge in [-0.2, -0.15) is 0 Å². The normalized spacial score (nSPS) is 10.8. The maximum atomic E-state index is 13.0.